The zero-order valence-electron chi connectivity index (χ0n) is 125. The average Bonchev–Trinajstić information content (AvgIpc) is 1.49. The van der Waals surface area contributed by atoms with Crippen LogP contribution < -0.4 is 21.3 Å². The van der Waals surface area contributed by atoms with Crippen molar-refractivity contribution in [2.45, 2.75) is 298 Å². The standard InChI is InChI=1S/4C24H31FN6O4S/c4*1-3-8-36-24-27-22(26-16-10-14(16)13-5-4-12(2)15(25)9-13)19-23(28-24)31(30-29-19)17-11-18(35-7-6-32)21(34)20(17)33/h4*4-5,9,14,16-18,20-21,32-34H,3,6-8,10-11H2,1-2H3,(H,26,27,28)/t4*14-,16+,17+,18-,20-,21+/m0000/s1/i4D,5D,6D2,7D2,9D,11D2,16D,17D,18D,20D,21D;4D,5D,7D2,9D,11D2,16D,17D,18D,20D,21D;4D,5D,6D2,9D,11D2,16D,17D,18D,20D,21D;4D,5D,9D,11D2,16D,17D,18D,20D,21D. The zero-order chi connectivity index (χ0) is 145. The maximum absolute atomic E-state index is 14.7. The number of benzene rings is 4. The summed E-state index contributed by atoms with van der Waals surface area (Å²) < 4.78 is 481. The van der Waals surface area contributed by atoms with Gasteiger partial charge in [0.25, 0.3) is 0 Å². The quantitative estimate of drug-likeness (QED) is 0.00969. The maximum Gasteiger partial charge on any atom is 0.191 e. The molecule has 8 aromatic heterocycles. The van der Waals surface area contributed by atoms with E-state index in [1.54, 1.807) is 0 Å². The molecule has 0 aliphatic heterocycles. The summed E-state index contributed by atoms with van der Waals surface area (Å²) in [5.74, 6) is -7.25. The van der Waals surface area contributed by atoms with Gasteiger partial charge in [-0.2, -0.15) is 0 Å². The smallest absolute Gasteiger partial charge is 0.191 e. The first kappa shape index (κ1) is 60.8. The molecule has 48 heteroatoms. The van der Waals surface area contributed by atoms with Gasteiger partial charge >= 0.3 is 0 Å². The molecule has 0 radical (unpaired) electrons. The topological polar surface area (TPSA) is 554 Å². The number of aliphatic hydroxyl groups excluding tert-OH is 2. The van der Waals surface area contributed by atoms with Crippen LogP contribution in [0.15, 0.2) is 93.1 Å². The van der Waals surface area contributed by atoms with Crippen LogP contribution in [0.3, 0.4) is 0 Å². The first-order valence-electron chi connectivity index (χ1n) is 67.9. The first-order chi connectivity index (χ1) is 87.5. The Morgan fingerprint density at radius 2 is 0.618 bits per heavy atom. The molecule has 24 atom stereocenters. The van der Waals surface area contributed by atoms with Crippen molar-refractivity contribution in [1.82, 2.24) is 99.8 Å². The highest BCUT2D eigenvalue weighted by atomic mass is 32.2. The Bertz CT molecular complexity index is 9140. The summed E-state index contributed by atoms with van der Waals surface area (Å²) in [4.78, 5) is 34.4. The summed E-state index contributed by atoms with van der Waals surface area (Å²) in [6, 6.07) is -27.9. The molecule has 16 N–H and O–H groups in total. The van der Waals surface area contributed by atoms with Crippen molar-refractivity contribution in [3.05, 3.63) is 140 Å². The van der Waals surface area contributed by atoms with Gasteiger partial charge in [0.05, 0.1) is 156 Å². The summed E-state index contributed by atoms with van der Waals surface area (Å²) in [5, 5.41) is 168. The minimum Gasteiger partial charge on any atom is -0.394 e. The lowest BCUT2D eigenvalue weighted by Crippen LogP contribution is -2.33. The van der Waals surface area contributed by atoms with E-state index in [2.05, 4.69) is 107 Å². The summed E-state index contributed by atoms with van der Waals surface area (Å²) in [6.07, 6.45) is -61.2. The van der Waals surface area contributed by atoms with Gasteiger partial charge in [-0.25, -0.2) is 76.2 Å². The van der Waals surface area contributed by atoms with Gasteiger partial charge in [-0.15, -0.1) is 20.4 Å². The predicted octanol–water partition coefficient (Wildman–Crippen LogP) is 8.73. The second-order valence-corrected chi connectivity index (χ2v) is 36.0. The van der Waals surface area contributed by atoms with Crippen LogP contribution in [-0.4, -0.2) is 334 Å². The molecule has 4 aromatic carbocycles. The lowest BCUT2D eigenvalue weighted by atomic mass is 10.1. The van der Waals surface area contributed by atoms with Gasteiger partial charge in [0, 0.05) is 107 Å². The van der Waals surface area contributed by atoms with Crippen molar-refractivity contribution >= 4 is 115 Å². The Kier molecular flexibility index (Phi) is 20.0. The van der Waals surface area contributed by atoms with Crippen LogP contribution in [0.1, 0.15) is 263 Å². The molecular formula is C96H124F4N24O16S4. The molecule has 776 valence electrons. The van der Waals surface area contributed by atoms with Crippen LogP contribution in [0.2, 0.25) is 0 Å². The number of hydrogen-bond acceptors (Lipinski definition) is 40. The molecule has 20 rings (SSSR count). The van der Waals surface area contributed by atoms with Crippen LogP contribution in [0.5, 0.6) is 0 Å². The van der Waals surface area contributed by atoms with Gasteiger partial charge in [-0.3, -0.25) is 0 Å². The van der Waals surface area contributed by atoms with E-state index in [4.69, 9.17) is 80.0 Å². The van der Waals surface area contributed by atoms with E-state index in [9.17, 15) is 78.8 Å². The number of halogens is 4. The second kappa shape index (κ2) is 47.3. The second-order valence-electron chi connectivity index (χ2n) is 31.8. The molecule has 8 aliphatic carbocycles. The Morgan fingerprint density at radius 1 is 0.361 bits per heavy atom. The highest BCUT2D eigenvalue weighted by Gasteiger charge is 2.51. The summed E-state index contributed by atoms with van der Waals surface area (Å²) in [6.45, 7) is -6.72. The minimum absolute atomic E-state index is 0.0103. The Hall–Kier alpha value is -9.52. The van der Waals surface area contributed by atoms with E-state index in [1.807, 2.05) is 27.7 Å². The predicted molar refractivity (Wildman–Crippen MR) is 530 cm³/mol. The van der Waals surface area contributed by atoms with Gasteiger partial charge in [-0.1, -0.05) is 144 Å². The van der Waals surface area contributed by atoms with Crippen molar-refractivity contribution in [1.29, 1.82) is 0 Å². The molecule has 8 heterocycles. The number of ether oxygens (including phenoxy) is 4. The third kappa shape index (κ3) is 23.8. The molecule has 8 saturated carbocycles. The van der Waals surface area contributed by atoms with E-state index in [0.29, 0.717) is 53.4 Å². The van der Waals surface area contributed by atoms with Gasteiger partial charge in [0.1, 0.15) is 71.9 Å². The Morgan fingerprint density at radius 3 is 0.861 bits per heavy atom. The van der Waals surface area contributed by atoms with Crippen LogP contribution in [0.25, 0.3) is 44.7 Å². The van der Waals surface area contributed by atoms with E-state index in [1.165, 1.54) is 27.7 Å². The average molecular weight is 2120 g/mol. The maximum atomic E-state index is 14.7. The van der Waals surface area contributed by atoms with Crippen LogP contribution >= 0.6 is 47.0 Å². The minimum atomic E-state index is -4.32. The number of hydrogen-bond donors (Lipinski definition) is 16. The lowest BCUT2D eigenvalue weighted by molar-refractivity contribution is -0.0629. The van der Waals surface area contributed by atoms with Crippen molar-refractivity contribution in [2.24, 2.45) is 0 Å². The fourth-order valence-electron chi connectivity index (χ4n) is 13.8. The van der Waals surface area contributed by atoms with Crippen molar-refractivity contribution in [3.8, 4) is 0 Å². The largest absolute Gasteiger partial charge is 0.394 e. The number of anilines is 4. The number of nitrogens with zero attached hydrogens (tertiary/aromatic N) is 20. The third-order valence-corrected chi connectivity index (χ3v) is 25.6. The molecule has 0 saturated heterocycles. The monoisotopic (exact) mass is 2120 g/mol. The molecule has 8 aliphatic rings. The van der Waals surface area contributed by atoms with Crippen molar-refractivity contribution in [3.63, 3.8) is 0 Å². The molecule has 0 spiro atoms. The fourth-order valence-corrected chi connectivity index (χ4v) is 16.6. The van der Waals surface area contributed by atoms with E-state index >= 15 is 0 Å². The summed E-state index contributed by atoms with van der Waals surface area (Å²) >= 11 is 4.22. The number of aromatic nitrogens is 20. The SMILES string of the molecule is [2H]c1c([2H])c([C@@H]2C[C@@]2([2H])Nc2nc(SCCC)nc3c2nnn3[C@]2([2H])C([2H])([2H])[C@]([2H])(OC([2H])([2H])C([2H])([2H])O)[C@@]([2H])(O)[C@@]2([2H])O)c([2H])c(F)c1C.[2H]c1c([2H])c([C@@H]2C[C@@]2([2H])Nc2nc(SCCC)nc3c2nnn3[C@]2([2H])C([2H])([2H])[C@]([2H])(OC([2H])([2H])CO)[C@@]([2H])(O)[C@@]2([2H])O)c([2H])c(F)c1C.[2H]c1c([2H])c([C@@H]2C[C@@]2([2H])Nc2nc(SCCC)nc3c2nnn3[C@]2([2H])C([2H])([2H])[C@]([2H])(OCC([2H])([2H])O)[C@@]([2H])(O)[C@@]2([2H])O)c([2H])c(F)c1C.[2H]c1c([2H])c([C@@H]2C[C@@]2([2H])Nc2nc(SCCC)nc3c2nnn3[C@]2([2H])C([2H])([2H])[C@]([2H])(OCCO)[C@@]([2H])(O)[C@@]2([2H])O)c([2H])c(F)c1C. The Labute approximate surface area is 911 Å². The molecule has 144 heavy (non-hydrogen) atoms. The van der Waals surface area contributed by atoms with Crippen LogP contribution in [0.4, 0.5) is 40.8 Å². The van der Waals surface area contributed by atoms with E-state index < -0.39 is 347 Å². The third-order valence-electron chi connectivity index (χ3n) is 21.4. The first-order valence-corrected chi connectivity index (χ1v) is 47.8. The zero-order valence-corrected chi connectivity index (χ0v) is 80.0. The highest BCUT2D eigenvalue weighted by molar-refractivity contribution is 7.99. The molecule has 0 unspecified atom stereocenters. The van der Waals surface area contributed by atoms with E-state index in [0.717, 1.165) is 47.0 Å². The fraction of sp³-hybridized carbons (Fsp3) is 0.583. The highest BCUT2D eigenvalue weighted by Crippen LogP contribution is 2.50. The molecule has 0 bridgehead atoms. The molecular weight excluding hydrogens is 1950 g/mol. The van der Waals surface area contributed by atoms with E-state index in [-0.39, 0.29) is 145 Å². The van der Waals surface area contributed by atoms with Gasteiger partial charge in [0.2, 0.25) is 0 Å². The van der Waals surface area contributed by atoms with Gasteiger partial charge in [0.15, 0.2) is 88.6 Å². The number of nitrogens with one attached hydrogen (secondary N) is 4. The lowest BCUT2D eigenvalue weighted by Gasteiger charge is -2.17. The number of fused-ring (bicyclic) bond motifs is 4. The molecule has 0 amide bonds. The van der Waals surface area contributed by atoms with Crippen LogP contribution in [0, 0.1) is 51.0 Å². The Balaban J connectivity index is 0.000000167. The number of thioether (sulfide) groups is 4. The van der Waals surface area contributed by atoms with Gasteiger partial charge in [-0.05, 0) is 148 Å². The van der Waals surface area contributed by atoms with Crippen molar-refractivity contribution < 1.29 is 164 Å². The summed E-state index contributed by atoms with van der Waals surface area (Å²) in [7, 11) is 0. The number of aliphatic hydroxyl groups is 12. The summed E-state index contributed by atoms with van der Waals surface area (Å²) in [5.41, 5.74) is -5.31. The normalized spacial score (nSPS) is 44.4. The molecule has 12 aromatic rings. The number of rotatable bonds is 40. The molecule has 40 nitrogen and oxygen atoms in total. The van der Waals surface area contributed by atoms with Gasteiger partial charge < -0.3 is 101 Å². The molecule has 8 fully saturated rings. The van der Waals surface area contributed by atoms with Crippen LogP contribution in [-0.2, 0) is 18.9 Å². The van der Waals surface area contributed by atoms with Crippen molar-refractivity contribution in [2.75, 3.05) is 96.9 Å².